The summed E-state index contributed by atoms with van der Waals surface area (Å²) in [5, 5.41) is 18.0. The molecule has 1 N–H and O–H groups in total. The van der Waals surface area contributed by atoms with Gasteiger partial charge in [-0.2, -0.15) is 9.49 Å². The Morgan fingerprint density at radius 1 is 1.23 bits per heavy atom. The Balaban J connectivity index is 1.60. The van der Waals surface area contributed by atoms with Crippen LogP contribution < -0.4 is 5.32 Å². The van der Waals surface area contributed by atoms with Crippen molar-refractivity contribution in [1.82, 2.24) is 14.8 Å². The third kappa shape index (κ3) is 4.71. The smallest absolute Gasteiger partial charge is 0.339 e. The number of hydrogen-bond donors (Lipinski definition) is 1. The number of furan rings is 1. The van der Waals surface area contributed by atoms with E-state index in [4.69, 9.17) is 9.15 Å². The molecule has 1 aromatic carbocycles. The fourth-order valence-corrected chi connectivity index (χ4v) is 3.37. The molecule has 35 heavy (non-hydrogen) atoms. The fraction of sp³-hybridized carbons (Fsp3) is 0.217. The maximum Gasteiger partial charge on any atom is 0.339 e. The number of esters is 1. The number of anilines is 1. The Hall–Kier alpha value is -4.61. The maximum absolute atomic E-state index is 13.5. The van der Waals surface area contributed by atoms with Gasteiger partial charge < -0.3 is 14.5 Å². The first-order valence-corrected chi connectivity index (χ1v) is 10.5. The minimum atomic E-state index is -1.28. The van der Waals surface area contributed by atoms with E-state index in [1.54, 1.807) is 16.8 Å². The van der Waals surface area contributed by atoms with Crippen LogP contribution in [0.3, 0.4) is 0 Å². The van der Waals surface area contributed by atoms with Crippen molar-refractivity contribution < 1.29 is 28.1 Å². The van der Waals surface area contributed by atoms with Gasteiger partial charge in [0.25, 0.3) is 5.91 Å². The van der Waals surface area contributed by atoms with E-state index in [0.29, 0.717) is 22.5 Å². The van der Waals surface area contributed by atoms with Crippen molar-refractivity contribution in [2.75, 3.05) is 5.32 Å². The molecular weight excluding hydrogens is 461 g/mol. The van der Waals surface area contributed by atoms with Crippen molar-refractivity contribution in [3.63, 3.8) is 0 Å². The van der Waals surface area contributed by atoms with Crippen LogP contribution in [0.1, 0.15) is 37.2 Å². The van der Waals surface area contributed by atoms with Gasteiger partial charge in [0, 0.05) is 17.8 Å². The summed E-state index contributed by atoms with van der Waals surface area (Å²) in [4.78, 5) is 40.2. The van der Waals surface area contributed by atoms with Gasteiger partial charge in [-0.25, -0.2) is 14.5 Å². The first kappa shape index (κ1) is 23.5. The van der Waals surface area contributed by atoms with Crippen molar-refractivity contribution in [2.45, 2.75) is 32.9 Å². The Bertz CT molecular complexity index is 1430. The van der Waals surface area contributed by atoms with Crippen LogP contribution in [0.5, 0.6) is 0 Å². The van der Waals surface area contributed by atoms with E-state index < -0.39 is 34.4 Å². The van der Waals surface area contributed by atoms with E-state index in [1.165, 1.54) is 25.5 Å². The van der Waals surface area contributed by atoms with Gasteiger partial charge in [0.1, 0.15) is 5.69 Å². The Morgan fingerprint density at radius 3 is 2.66 bits per heavy atom. The molecule has 0 aliphatic carbocycles. The zero-order chi connectivity index (χ0) is 25.3. The van der Waals surface area contributed by atoms with Crippen molar-refractivity contribution in [3.05, 3.63) is 70.4 Å². The van der Waals surface area contributed by atoms with Crippen LogP contribution in [0.4, 0.5) is 15.8 Å². The fourth-order valence-electron chi connectivity index (χ4n) is 3.37. The lowest BCUT2D eigenvalue weighted by atomic mass is 10.1. The monoisotopic (exact) mass is 481 g/mol. The van der Waals surface area contributed by atoms with Crippen LogP contribution in [-0.4, -0.2) is 37.7 Å². The predicted octanol–water partition coefficient (Wildman–Crippen LogP) is 4.50. The zero-order valence-corrected chi connectivity index (χ0v) is 18.9. The molecule has 4 rings (SSSR count). The highest BCUT2D eigenvalue weighted by Crippen LogP contribution is 2.28. The molecule has 3 heterocycles. The number of carbonyl (C=O) groups excluding carboxylic acids is 2. The molecule has 4 aromatic rings. The van der Waals surface area contributed by atoms with Gasteiger partial charge in [0.05, 0.1) is 28.3 Å². The molecule has 1 atom stereocenters. The molecule has 0 fully saturated rings. The number of amides is 1. The Kier molecular flexibility index (Phi) is 6.28. The summed E-state index contributed by atoms with van der Waals surface area (Å²) in [6.45, 7) is 5.17. The Morgan fingerprint density at radius 2 is 2.00 bits per heavy atom. The number of hydrogen-bond acceptors (Lipinski definition) is 8. The van der Waals surface area contributed by atoms with Gasteiger partial charge in [-0.1, -0.05) is 0 Å². The van der Waals surface area contributed by atoms with E-state index in [9.17, 15) is 24.1 Å². The Labute approximate surface area is 197 Å². The predicted molar refractivity (Wildman–Crippen MR) is 122 cm³/mol. The molecule has 1 unspecified atom stereocenters. The van der Waals surface area contributed by atoms with Crippen LogP contribution in [0, 0.1) is 15.9 Å². The second kappa shape index (κ2) is 9.33. The number of nitro benzene ring substituents is 1. The molecule has 0 saturated heterocycles. The highest BCUT2D eigenvalue weighted by atomic mass is 19.1. The van der Waals surface area contributed by atoms with E-state index >= 15 is 0 Å². The van der Waals surface area contributed by atoms with E-state index in [-0.39, 0.29) is 17.3 Å². The van der Waals surface area contributed by atoms with Crippen molar-refractivity contribution in [2.24, 2.45) is 0 Å². The third-order valence-electron chi connectivity index (χ3n) is 5.11. The molecule has 0 aliphatic rings. The molecule has 0 radical (unpaired) electrons. The number of halogens is 1. The van der Waals surface area contributed by atoms with E-state index in [0.717, 1.165) is 18.2 Å². The van der Waals surface area contributed by atoms with Crippen LogP contribution in [0.25, 0.3) is 22.5 Å². The van der Waals surface area contributed by atoms with Crippen molar-refractivity contribution in [1.29, 1.82) is 0 Å². The first-order valence-electron chi connectivity index (χ1n) is 10.5. The summed E-state index contributed by atoms with van der Waals surface area (Å²) < 4.78 is 26.0. The normalized spacial score (nSPS) is 12.0. The molecule has 0 saturated carbocycles. The summed E-state index contributed by atoms with van der Waals surface area (Å²) >= 11 is 0. The van der Waals surface area contributed by atoms with Gasteiger partial charge in [-0.15, -0.1) is 0 Å². The van der Waals surface area contributed by atoms with E-state index in [2.05, 4.69) is 15.4 Å². The summed E-state index contributed by atoms with van der Waals surface area (Å²) in [6, 6.07) is 7.73. The average molecular weight is 481 g/mol. The molecule has 0 aliphatic heterocycles. The third-order valence-corrected chi connectivity index (χ3v) is 5.11. The number of nitrogens with zero attached hydrogens (tertiary/aromatic N) is 4. The number of benzene rings is 1. The van der Waals surface area contributed by atoms with E-state index in [1.807, 2.05) is 13.8 Å². The summed E-state index contributed by atoms with van der Waals surface area (Å²) in [7, 11) is 0. The van der Waals surface area contributed by atoms with Crippen molar-refractivity contribution in [3.8, 4) is 11.5 Å². The molecule has 11 nitrogen and oxygen atoms in total. The largest absolute Gasteiger partial charge is 0.463 e. The molecule has 12 heteroatoms. The number of fused-ring (bicyclic) bond motifs is 1. The molecule has 0 bridgehead atoms. The number of pyridine rings is 1. The first-order chi connectivity index (χ1) is 16.7. The summed E-state index contributed by atoms with van der Waals surface area (Å²) in [6.07, 6.45) is 1.69. The van der Waals surface area contributed by atoms with Crippen LogP contribution in [-0.2, 0) is 9.53 Å². The van der Waals surface area contributed by atoms with Gasteiger partial charge in [-0.05, 0) is 51.1 Å². The minimum Gasteiger partial charge on any atom is -0.463 e. The van der Waals surface area contributed by atoms with Gasteiger partial charge >= 0.3 is 11.7 Å². The zero-order valence-electron chi connectivity index (χ0n) is 18.9. The number of nitrogens with one attached hydrogen (secondary N) is 1. The number of carbonyl (C=O) groups is 2. The van der Waals surface area contributed by atoms with Crippen LogP contribution in [0.2, 0.25) is 0 Å². The highest BCUT2D eigenvalue weighted by molar-refractivity contribution is 6.05. The van der Waals surface area contributed by atoms with Crippen molar-refractivity contribution >= 4 is 34.3 Å². The standard InChI is InChI=1S/C23H20FN5O6/c1-12(2)28-21-16(11-25-28)15(10-18(27-21)20-5-4-8-34-20)23(31)35-13(3)22(30)26-14-6-7-17(24)19(9-14)29(32)33/h4-13H,1-3H3,(H,26,30). The number of nitro groups is 1. The number of rotatable bonds is 7. The second-order valence-electron chi connectivity index (χ2n) is 7.91. The van der Waals surface area contributed by atoms with Crippen LogP contribution >= 0.6 is 0 Å². The summed E-state index contributed by atoms with van der Waals surface area (Å²) in [5.74, 6) is -2.17. The maximum atomic E-state index is 13.5. The molecule has 0 spiro atoms. The SMILES string of the molecule is CC(OC(=O)c1cc(-c2ccco2)nc2c1cnn2C(C)C)C(=O)Nc1ccc(F)c([N+](=O)[O-])c1. The summed E-state index contributed by atoms with van der Waals surface area (Å²) in [5.41, 5.74) is 0.143. The lowest BCUT2D eigenvalue weighted by Gasteiger charge is -2.14. The van der Waals surface area contributed by atoms with Crippen LogP contribution in [0.15, 0.2) is 53.3 Å². The number of ether oxygens (including phenoxy) is 1. The highest BCUT2D eigenvalue weighted by Gasteiger charge is 2.25. The lowest BCUT2D eigenvalue weighted by Crippen LogP contribution is -2.30. The molecule has 1 amide bonds. The molecule has 3 aromatic heterocycles. The molecular formula is C23H20FN5O6. The number of aromatic nitrogens is 3. The quantitative estimate of drug-likeness (QED) is 0.231. The van der Waals surface area contributed by atoms with Gasteiger partial charge in [0.15, 0.2) is 17.5 Å². The second-order valence-corrected chi connectivity index (χ2v) is 7.91. The lowest BCUT2D eigenvalue weighted by molar-refractivity contribution is -0.387. The van der Waals surface area contributed by atoms with Gasteiger partial charge in [0.2, 0.25) is 5.82 Å². The van der Waals surface area contributed by atoms with Gasteiger partial charge in [-0.3, -0.25) is 14.9 Å². The minimum absolute atomic E-state index is 0.0179. The topological polar surface area (TPSA) is 142 Å². The molecule has 180 valence electrons. The average Bonchev–Trinajstić information content (AvgIpc) is 3.49.